The molecule has 0 atom stereocenters. The van der Waals surface area contributed by atoms with Crippen LogP contribution in [-0.2, 0) is 0 Å². The van der Waals surface area contributed by atoms with Gasteiger partial charge in [-0.2, -0.15) is 5.10 Å². The molecule has 0 saturated carbocycles. The van der Waals surface area contributed by atoms with Gasteiger partial charge < -0.3 is 10.0 Å². The van der Waals surface area contributed by atoms with Crippen LogP contribution in [0, 0.1) is 5.82 Å². The number of rotatable bonds is 6. The van der Waals surface area contributed by atoms with E-state index in [9.17, 15) is 9.50 Å². The van der Waals surface area contributed by atoms with Crippen molar-refractivity contribution < 1.29 is 9.50 Å². The van der Waals surface area contributed by atoms with Crippen molar-refractivity contribution in [2.24, 2.45) is 5.10 Å². The molecular weight excluding hydrogens is 391 g/mol. The Bertz CT molecular complexity index is 927. The number of hydrogen-bond donors (Lipinski definition) is 1. The van der Waals surface area contributed by atoms with Crippen molar-refractivity contribution in [3.8, 4) is 5.75 Å². The maximum atomic E-state index is 14.3. The fourth-order valence-electron chi connectivity index (χ4n) is 4.11. The number of aromatic hydroxyl groups is 1. The first-order chi connectivity index (χ1) is 15.1. The summed E-state index contributed by atoms with van der Waals surface area (Å²) >= 11 is 0. The molecule has 0 unspecified atom stereocenters. The van der Waals surface area contributed by atoms with Gasteiger partial charge in [0.15, 0.2) is 11.6 Å². The average Bonchev–Trinajstić information content (AvgIpc) is 3.34. The van der Waals surface area contributed by atoms with Gasteiger partial charge in [-0.05, 0) is 54.8 Å². The molecular formula is C25H31FN4O. The second-order valence-corrected chi connectivity index (χ2v) is 8.19. The monoisotopic (exact) mass is 422 g/mol. The number of halogens is 1. The summed E-state index contributed by atoms with van der Waals surface area (Å²) in [6, 6.07) is 11.6. The van der Waals surface area contributed by atoms with Crippen molar-refractivity contribution in [3.63, 3.8) is 0 Å². The van der Waals surface area contributed by atoms with E-state index in [4.69, 9.17) is 0 Å². The van der Waals surface area contributed by atoms with E-state index in [1.807, 2.05) is 17.2 Å². The number of piperazine rings is 1. The summed E-state index contributed by atoms with van der Waals surface area (Å²) in [6.45, 7) is 9.04. The summed E-state index contributed by atoms with van der Waals surface area (Å²) in [6.07, 6.45) is 7.90. The first-order valence-electron chi connectivity index (χ1n) is 11.2. The zero-order valence-electron chi connectivity index (χ0n) is 18.2. The van der Waals surface area contributed by atoms with Crippen LogP contribution < -0.4 is 4.90 Å². The van der Waals surface area contributed by atoms with E-state index in [-0.39, 0.29) is 5.75 Å². The summed E-state index contributed by atoms with van der Waals surface area (Å²) < 4.78 is 14.3. The summed E-state index contributed by atoms with van der Waals surface area (Å²) in [5, 5.41) is 16.6. The lowest BCUT2D eigenvalue weighted by Gasteiger charge is -2.32. The van der Waals surface area contributed by atoms with E-state index in [1.165, 1.54) is 24.6 Å². The van der Waals surface area contributed by atoms with E-state index in [0.717, 1.165) is 51.4 Å². The highest BCUT2D eigenvalue weighted by molar-refractivity contribution is 5.85. The smallest absolute Gasteiger partial charge is 0.166 e. The SMILES string of the molecule is CCN1CCN(/N=C/c2cc(/C=C/c3ccc(N4CCCC4)cc3)cc(F)c2O)CC1. The minimum atomic E-state index is -0.635. The standard InChI is InChI=1S/C25H31FN4O/c1-2-28-13-15-30(16-14-28)27-19-22-17-21(18-24(26)25(22)31)6-5-20-7-9-23(10-8-20)29-11-3-4-12-29/h5-10,17-19,31H,2-4,11-16H2,1H3/b6-5+,27-19+. The Morgan fingerprint density at radius 3 is 2.29 bits per heavy atom. The van der Waals surface area contributed by atoms with Crippen molar-refractivity contribution in [2.75, 3.05) is 50.7 Å². The highest BCUT2D eigenvalue weighted by atomic mass is 19.1. The van der Waals surface area contributed by atoms with Crippen molar-refractivity contribution >= 4 is 24.1 Å². The number of phenols is 1. The predicted molar refractivity (Wildman–Crippen MR) is 126 cm³/mol. The molecule has 1 N–H and O–H groups in total. The van der Waals surface area contributed by atoms with Gasteiger partial charge in [0.05, 0.1) is 6.21 Å². The molecule has 0 radical (unpaired) electrons. The maximum absolute atomic E-state index is 14.3. The van der Waals surface area contributed by atoms with Crippen LogP contribution in [0.2, 0.25) is 0 Å². The first-order valence-corrected chi connectivity index (χ1v) is 11.2. The third-order valence-corrected chi connectivity index (χ3v) is 6.10. The summed E-state index contributed by atoms with van der Waals surface area (Å²) in [5.41, 5.74) is 3.39. The zero-order chi connectivity index (χ0) is 21.6. The Balaban J connectivity index is 1.44. The molecule has 164 valence electrons. The van der Waals surface area contributed by atoms with Gasteiger partial charge >= 0.3 is 0 Å². The Morgan fingerprint density at radius 1 is 0.935 bits per heavy atom. The zero-order valence-corrected chi connectivity index (χ0v) is 18.2. The molecule has 4 rings (SSSR count). The molecule has 2 aromatic carbocycles. The summed E-state index contributed by atoms with van der Waals surface area (Å²) in [4.78, 5) is 4.77. The number of benzene rings is 2. The largest absolute Gasteiger partial charge is 0.504 e. The van der Waals surface area contributed by atoms with Gasteiger partial charge in [-0.3, -0.25) is 9.91 Å². The van der Waals surface area contributed by atoms with Crippen LogP contribution in [0.5, 0.6) is 5.75 Å². The Morgan fingerprint density at radius 2 is 1.61 bits per heavy atom. The summed E-state index contributed by atoms with van der Waals surface area (Å²) in [5.74, 6) is -0.994. The lowest BCUT2D eigenvalue weighted by Crippen LogP contribution is -2.43. The number of anilines is 1. The number of likely N-dealkylation sites (N-methyl/N-ethyl adjacent to an activating group) is 1. The number of nitrogens with zero attached hydrogens (tertiary/aromatic N) is 4. The number of hydrogen-bond acceptors (Lipinski definition) is 5. The van der Waals surface area contributed by atoms with Crippen LogP contribution in [0.15, 0.2) is 41.5 Å². The second-order valence-electron chi connectivity index (χ2n) is 8.19. The normalized spacial score (nSPS) is 18.0. The van der Waals surface area contributed by atoms with Crippen LogP contribution >= 0.6 is 0 Å². The van der Waals surface area contributed by atoms with Gasteiger partial charge in [0.25, 0.3) is 0 Å². The topological polar surface area (TPSA) is 42.3 Å². The molecule has 0 spiro atoms. The molecule has 0 amide bonds. The lowest BCUT2D eigenvalue weighted by molar-refractivity contribution is 0.142. The molecule has 2 aromatic rings. The van der Waals surface area contributed by atoms with E-state index in [1.54, 1.807) is 12.3 Å². The van der Waals surface area contributed by atoms with Crippen LogP contribution in [0.3, 0.4) is 0 Å². The molecule has 0 aliphatic carbocycles. The van der Waals surface area contributed by atoms with Crippen LogP contribution in [0.4, 0.5) is 10.1 Å². The van der Waals surface area contributed by atoms with Gasteiger partial charge in [0, 0.05) is 50.5 Å². The molecule has 5 nitrogen and oxygen atoms in total. The van der Waals surface area contributed by atoms with Crippen molar-refractivity contribution in [1.82, 2.24) is 9.91 Å². The van der Waals surface area contributed by atoms with Crippen molar-refractivity contribution in [1.29, 1.82) is 0 Å². The average molecular weight is 423 g/mol. The van der Waals surface area contributed by atoms with Crippen LogP contribution in [0.25, 0.3) is 12.2 Å². The van der Waals surface area contributed by atoms with Gasteiger partial charge in [-0.1, -0.05) is 31.2 Å². The van der Waals surface area contributed by atoms with Crippen molar-refractivity contribution in [2.45, 2.75) is 19.8 Å². The van der Waals surface area contributed by atoms with E-state index in [0.29, 0.717) is 11.1 Å². The first kappa shape index (κ1) is 21.4. The fourth-order valence-corrected chi connectivity index (χ4v) is 4.11. The van der Waals surface area contributed by atoms with Gasteiger partial charge in [0.2, 0.25) is 0 Å². The summed E-state index contributed by atoms with van der Waals surface area (Å²) in [7, 11) is 0. The van der Waals surface area contributed by atoms with E-state index >= 15 is 0 Å². The van der Waals surface area contributed by atoms with E-state index in [2.05, 4.69) is 46.1 Å². The molecule has 2 heterocycles. The molecule has 0 aromatic heterocycles. The van der Waals surface area contributed by atoms with Crippen LogP contribution in [0.1, 0.15) is 36.5 Å². The highest BCUT2D eigenvalue weighted by Crippen LogP contribution is 2.24. The van der Waals surface area contributed by atoms with Gasteiger partial charge in [-0.25, -0.2) is 4.39 Å². The predicted octanol–water partition coefficient (Wildman–Crippen LogP) is 4.27. The van der Waals surface area contributed by atoms with Crippen molar-refractivity contribution in [3.05, 3.63) is 58.9 Å². The molecule has 2 aliphatic rings. The molecule has 6 heteroatoms. The Hall–Kier alpha value is -2.86. The van der Waals surface area contributed by atoms with Gasteiger partial charge in [0.1, 0.15) is 0 Å². The van der Waals surface area contributed by atoms with E-state index < -0.39 is 5.82 Å². The molecule has 2 saturated heterocycles. The highest BCUT2D eigenvalue weighted by Gasteiger charge is 2.14. The third kappa shape index (κ3) is 5.44. The Kier molecular flexibility index (Phi) is 6.87. The molecule has 0 bridgehead atoms. The molecule has 31 heavy (non-hydrogen) atoms. The van der Waals surface area contributed by atoms with Gasteiger partial charge in [-0.15, -0.1) is 0 Å². The molecule has 2 aliphatic heterocycles. The maximum Gasteiger partial charge on any atom is 0.166 e. The second kappa shape index (κ2) is 9.96. The Labute approximate surface area is 184 Å². The quantitative estimate of drug-likeness (QED) is 0.558. The minimum Gasteiger partial charge on any atom is -0.504 e. The lowest BCUT2D eigenvalue weighted by atomic mass is 10.1. The third-order valence-electron chi connectivity index (χ3n) is 6.10. The molecule has 2 fully saturated rings. The number of hydrazone groups is 1. The minimum absolute atomic E-state index is 0.358. The number of phenolic OH excluding ortho intramolecular Hbond substituents is 1. The fraction of sp³-hybridized carbons (Fsp3) is 0.400. The van der Waals surface area contributed by atoms with Crippen LogP contribution in [-0.4, -0.2) is 67.0 Å².